The lowest BCUT2D eigenvalue weighted by Crippen LogP contribution is -2.14. The molecule has 92 valence electrons. The van der Waals surface area contributed by atoms with E-state index in [1.54, 1.807) is 0 Å². The summed E-state index contributed by atoms with van der Waals surface area (Å²) in [6.45, 7) is 1.94. The molecule has 10 heteroatoms. The molecule has 0 aliphatic heterocycles. The summed E-state index contributed by atoms with van der Waals surface area (Å²) >= 11 is 18.9. The fourth-order valence-electron chi connectivity index (χ4n) is 1.24. The molecule has 6 nitrogen and oxygen atoms in total. The van der Waals surface area contributed by atoms with E-state index in [9.17, 15) is 0 Å². The van der Waals surface area contributed by atoms with Gasteiger partial charge >= 0.3 is 0 Å². The summed E-state index contributed by atoms with van der Waals surface area (Å²) in [5.41, 5.74) is 6.23. The van der Waals surface area contributed by atoms with Crippen LogP contribution in [0.1, 0.15) is 16.4 Å². The third-order valence-corrected chi connectivity index (χ3v) is 3.25. The molecule has 2 N–H and O–H groups in total. The van der Waals surface area contributed by atoms with Crippen LogP contribution in [-0.2, 0) is 10.3 Å². The highest BCUT2D eigenvalue weighted by Crippen LogP contribution is 2.40. The van der Waals surface area contributed by atoms with E-state index in [1.807, 2.05) is 6.92 Å². The lowest BCUT2D eigenvalue weighted by Gasteiger charge is -2.12. The van der Waals surface area contributed by atoms with Gasteiger partial charge in [-0.25, -0.2) is 0 Å². The summed E-state index contributed by atoms with van der Waals surface area (Å²) in [7, 11) is 0. The Bertz CT molecular complexity index is 530. The summed E-state index contributed by atoms with van der Waals surface area (Å²) in [6.07, 6.45) is 0. The third-order valence-electron chi connectivity index (χ3n) is 1.90. The summed E-state index contributed by atoms with van der Waals surface area (Å²) in [5.74, 6) is 0. The third kappa shape index (κ3) is 2.53. The van der Waals surface area contributed by atoms with Gasteiger partial charge in [0.15, 0.2) is 0 Å². The monoisotopic (exact) mass is 312 g/mol. The molecule has 0 unspecified atom stereocenters. The van der Waals surface area contributed by atoms with Gasteiger partial charge in [0.2, 0.25) is 8.92 Å². The predicted molar refractivity (Wildman–Crippen MR) is 66.7 cm³/mol. The number of alkyl halides is 3. The van der Waals surface area contributed by atoms with Gasteiger partial charge in [0.1, 0.15) is 16.4 Å². The number of nitrogens with two attached hydrogens (primary N) is 1. The van der Waals surface area contributed by atoms with Crippen LogP contribution in [-0.4, -0.2) is 25.2 Å². The highest BCUT2D eigenvalue weighted by atomic mass is 35.6. The van der Waals surface area contributed by atoms with Gasteiger partial charge in [-0.15, -0.1) is 15.3 Å². The molecule has 0 amide bonds. The molecule has 0 saturated heterocycles. The zero-order valence-electron chi connectivity index (χ0n) is 8.56. The van der Waals surface area contributed by atoms with Crippen molar-refractivity contribution in [1.29, 1.82) is 0 Å². The van der Waals surface area contributed by atoms with Crippen molar-refractivity contribution in [3.8, 4) is 5.13 Å². The molecule has 0 saturated carbocycles. The second-order valence-electron chi connectivity index (χ2n) is 3.10. The Labute approximate surface area is 116 Å². The van der Waals surface area contributed by atoms with E-state index in [0.29, 0.717) is 16.5 Å². The lowest BCUT2D eigenvalue weighted by molar-refractivity contribution is 0.753. The van der Waals surface area contributed by atoms with Gasteiger partial charge in [-0.1, -0.05) is 51.4 Å². The van der Waals surface area contributed by atoms with Gasteiger partial charge in [-0.3, -0.25) is 0 Å². The number of aromatic nitrogens is 5. The van der Waals surface area contributed by atoms with E-state index in [2.05, 4.69) is 20.5 Å². The average molecular weight is 314 g/mol. The first-order valence-corrected chi connectivity index (χ1v) is 6.41. The molecule has 0 fully saturated rings. The first kappa shape index (κ1) is 13.0. The van der Waals surface area contributed by atoms with Gasteiger partial charge in [0.25, 0.3) is 0 Å². The van der Waals surface area contributed by atoms with Crippen molar-refractivity contribution >= 4 is 46.1 Å². The Morgan fingerprint density at radius 1 is 1.29 bits per heavy atom. The Hall–Kier alpha value is -0.470. The van der Waals surface area contributed by atoms with Gasteiger partial charge in [0.05, 0.1) is 0 Å². The Morgan fingerprint density at radius 3 is 2.47 bits per heavy atom. The van der Waals surface area contributed by atoms with Crippen molar-refractivity contribution in [1.82, 2.24) is 25.2 Å². The molecule has 0 radical (unpaired) electrons. The summed E-state index contributed by atoms with van der Waals surface area (Å²) in [5, 5.41) is 16.8. The largest absolute Gasteiger partial charge is 0.325 e. The van der Waals surface area contributed by atoms with Crippen molar-refractivity contribution in [2.45, 2.75) is 17.3 Å². The molecule has 0 spiro atoms. The van der Waals surface area contributed by atoms with Crippen molar-refractivity contribution in [2.75, 3.05) is 0 Å². The maximum atomic E-state index is 5.88. The van der Waals surface area contributed by atoms with Crippen LogP contribution in [0.3, 0.4) is 0 Å². The van der Waals surface area contributed by atoms with E-state index in [0.717, 1.165) is 5.01 Å². The first-order valence-electron chi connectivity index (χ1n) is 4.46. The minimum absolute atomic E-state index is 0.126. The van der Waals surface area contributed by atoms with Crippen molar-refractivity contribution in [3.63, 3.8) is 0 Å². The smallest absolute Gasteiger partial charge is 0.234 e. The van der Waals surface area contributed by atoms with Crippen LogP contribution in [0.15, 0.2) is 0 Å². The lowest BCUT2D eigenvalue weighted by atomic mass is 10.3. The van der Waals surface area contributed by atoms with Crippen molar-refractivity contribution < 1.29 is 0 Å². The zero-order chi connectivity index (χ0) is 12.6. The van der Waals surface area contributed by atoms with Crippen LogP contribution >= 0.6 is 46.1 Å². The van der Waals surface area contributed by atoms with Crippen LogP contribution in [0.2, 0.25) is 0 Å². The maximum Gasteiger partial charge on any atom is 0.234 e. The number of hydrogen-bond donors (Lipinski definition) is 1. The molecule has 0 atom stereocenters. The number of hydrogen-bond acceptors (Lipinski definition) is 6. The van der Waals surface area contributed by atoms with Crippen LogP contribution in [0.5, 0.6) is 0 Å². The molecular weight excluding hydrogens is 307 g/mol. The van der Waals surface area contributed by atoms with Crippen LogP contribution < -0.4 is 5.73 Å². The Morgan fingerprint density at radius 2 is 2.00 bits per heavy atom. The molecular formula is C7H7Cl3N6S. The number of halogens is 3. The molecule has 2 rings (SSSR count). The average Bonchev–Trinajstić information content (AvgIpc) is 2.81. The molecule has 0 aliphatic rings. The Kier molecular flexibility index (Phi) is 3.55. The fourth-order valence-corrected chi connectivity index (χ4v) is 2.45. The van der Waals surface area contributed by atoms with Gasteiger partial charge in [-0.05, 0) is 6.92 Å². The topological polar surface area (TPSA) is 82.5 Å². The molecule has 17 heavy (non-hydrogen) atoms. The summed E-state index contributed by atoms with van der Waals surface area (Å²) in [6, 6.07) is 0. The first-order chi connectivity index (χ1) is 7.93. The molecule has 2 heterocycles. The van der Waals surface area contributed by atoms with Gasteiger partial charge in [0, 0.05) is 6.54 Å². The minimum Gasteiger partial charge on any atom is -0.325 e. The van der Waals surface area contributed by atoms with E-state index in [-0.39, 0.29) is 6.54 Å². The minimum atomic E-state index is -1.67. The number of rotatable bonds is 2. The van der Waals surface area contributed by atoms with Crippen LogP contribution in [0.25, 0.3) is 5.13 Å². The van der Waals surface area contributed by atoms with Crippen molar-refractivity contribution in [2.24, 2.45) is 5.73 Å². The molecule has 0 bridgehead atoms. The molecule has 2 aromatic heterocycles. The van der Waals surface area contributed by atoms with Gasteiger partial charge < -0.3 is 5.73 Å². The maximum absolute atomic E-state index is 5.88. The molecule has 2 aromatic rings. The number of aryl methyl sites for hydroxylation is 1. The van der Waals surface area contributed by atoms with E-state index in [1.165, 1.54) is 16.0 Å². The molecule has 0 aliphatic carbocycles. The van der Waals surface area contributed by atoms with Crippen LogP contribution in [0, 0.1) is 6.92 Å². The zero-order valence-corrected chi connectivity index (χ0v) is 11.6. The highest BCUT2D eigenvalue weighted by molar-refractivity contribution is 7.13. The second kappa shape index (κ2) is 4.66. The van der Waals surface area contributed by atoms with Gasteiger partial charge in [-0.2, -0.15) is 4.68 Å². The predicted octanol–water partition coefficient (Wildman–Crippen LogP) is 1.71. The van der Waals surface area contributed by atoms with E-state index < -0.39 is 3.79 Å². The standard InChI is InChI=1S/C7H7Cl3N6S/c1-3-12-14-6(17-3)16-5(7(8,9)10)4(2-11)13-15-16/h2,11H2,1H3. The van der Waals surface area contributed by atoms with Crippen LogP contribution in [0.4, 0.5) is 0 Å². The highest BCUT2D eigenvalue weighted by Gasteiger charge is 2.33. The van der Waals surface area contributed by atoms with E-state index in [4.69, 9.17) is 40.5 Å². The normalized spacial score (nSPS) is 12.1. The SMILES string of the molecule is Cc1nnc(-n2nnc(CN)c2C(Cl)(Cl)Cl)s1. The summed E-state index contributed by atoms with van der Waals surface area (Å²) in [4.78, 5) is 0. The second-order valence-corrected chi connectivity index (χ2v) is 6.54. The number of nitrogens with zero attached hydrogens (tertiary/aromatic N) is 5. The Balaban J connectivity index is 2.59. The summed E-state index contributed by atoms with van der Waals surface area (Å²) < 4.78 is -0.322. The molecule has 0 aromatic carbocycles. The quantitative estimate of drug-likeness (QED) is 0.854. The fraction of sp³-hybridized carbons (Fsp3) is 0.429. The van der Waals surface area contributed by atoms with Crippen molar-refractivity contribution in [3.05, 3.63) is 16.4 Å². The van der Waals surface area contributed by atoms with E-state index >= 15 is 0 Å².